The number of hydrogen-bond acceptors (Lipinski definition) is 2. The highest BCUT2D eigenvalue weighted by molar-refractivity contribution is 7.99. The van der Waals surface area contributed by atoms with Crippen LogP contribution in [-0.4, -0.2) is 17.7 Å². The molecular weight excluding hydrogens is 325 g/mol. The predicted molar refractivity (Wildman–Crippen MR) is 90.0 cm³/mol. The second-order valence-electron chi connectivity index (χ2n) is 6.04. The molecule has 5 heteroatoms. The molecule has 0 spiro atoms. The monoisotopic (exact) mass is 343 g/mol. The zero-order valence-electron chi connectivity index (χ0n) is 11.8. The van der Waals surface area contributed by atoms with Crippen molar-refractivity contribution in [2.75, 3.05) is 5.75 Å². The van der Waals surface area contributed by atoms with Gasteiger partial charge in [0, 0.05) is 21.8 Å². The lowest BCUT2D eigenvalue weighted by molar-refractivity contribution is -0.119. The molecule has 21 heavy (non-hydrogen) atoms. The van der Waals surface area contributed by atoms with E-state index in [0.29, 0.717) is 27.6 Å². The molecular formula is C16H19Cl2NOS. The molecule has 2 saturated carbocycles. The summed E-state index contributed by atoms with van der Waals surface area (Å²) in [5, 5.41) is 4.54. The lowest BCUT2D eigenvalue weighted by Crippen LogP contribution is -2.39. The molecule has 2 aliphatic rings. The third-order valence-electron chi connectivity index (χ3n) is 4.63. The van der Waals surface area contributed by atoms with Crippen LogP contribution in [0, 0.1) is 11.8 Å². The third-order valence-corrected chi connectivity index (χ3v) is 6.29. The number of rotatable bonds is 5. The summed E-state index contributed by atoms with van der Waals surface area (Å²) in [6.07, 6.45) is 5.14. The second kappa shape index (κ2) is 6.80. The summed E-state index contributed by atoms with van der Waals surface area (Å²) in [5.74, 6) is 2.86. The molecule has 2 fully saturated rings. The maximum Gasteiger partial charge on any atom is 0.230 e. The van der Waals surface area contributed by atoms with E-state index in [-0.39, 0.29) is 5.91 Å². The minimum absolute atomic E-state index is 0.140. The normalized spacial score (nSPS) is 27.0. The van der Waals surface area contributed by atoms with E-state index in [4.69, 9.17) is 23.2 Å². The summed E-state index contributed by atoms with van der Waals surface area (Å²) >= 11 is 13.8. The van der Waals surface area contributed by atoms with Crippen LogP contribution in [0.5, 0.6) is 0 Å². The van der Waals surface area contributed by atoms with Gasteiger partial charge in [-0.05, 0) is 48.8 Å². The predicted octanol–water partition coefficient (Wildman–Crippen LogP) is 4.53. The van der Waals surface area contributed by atoms with E-state index in [1.54, 1.807) is 11.8 Å². The van der Waals surface area contributed by atoms with Gasteiger partial charge in [0.2, 0.25) is 5.91 Å². The van der Waals surface area contributed by atoms with Crippen molar-refractivity contribution in [2.24, 2.45) is 11.8 Å². The third kappa shape index (κ3) is 3.69. The zero-order valence-corrected chi connectivity index (χ0v) is 14.1. The highest BCUT2D eigenvalue weighted by atomic mass is 35.5. The number of benzene rings is 1. The van der Waals surface area contributed by atoms with Crippen LogP contribution in [0.15, 0.2) is 18.2 Å². The maximum atomic E-state index is 12.0. The fourth-order valence-corrected chi connectivity index (χ4v) is 5.16. The van der Waals surface area contributed by atoms with E-state index in [0.717, 1.165) is 17.4 Å². The topological polar surface area (TPSA) is 29.1 Å². The van der Waals surface area contributed by atoms with E-state index in [9.17, 15) is 4.79 Å². The summed E-state index contributed by atoms with van der Waals surface area (Å²) in [5.41, 5.74) is 0.915. The number of halogens is 2. The first kappa shape index (κ1) is 15.5. The number of nitrogens with one attached hydrogen (secondary N) is 1. The smallest absolute Gasteiger partial charge is 0.230 e. The van der Waals surface area contributed by atoms with Crippen molar-refractivity contribution in [1.29, 1.82) is 0 Å². The van der Waals surface area contributed by atoms with Gasteiger partial charge in [0.1, 0.15) is 0 Å². The second-order valence-corrected chi connectivity index (χ2v) is 7.84. The van der Waals surface area contributed by atoms with Gasteiger partial charge in [-0.2, -0.15) is 0 Å². The van der Waals surface area contributed by atoms with Crippen molar-refractivity contribution < 1.29 is 4.79 Å². The Labute approximate surface area is 140 Å². The van der Waals surface area contributed by atoms with Crippen LogP contribution in [0.1, 0.15) is 31.2 Å². The van der Waals surface area contributed by atoms with E-state index in [1.807, 2.05) is 18.2 Å². The van der Waals surface area contributed by atoms with Crippen LogP contribution in [0.3, 0.4) is 0 Å². The molecule has 0 aliphatic heterocycles. The molecule has 0 radical (unpaired) electrons. The van der Waals surface area contributed by atoms with Crippen molar-refractivity contribution in [1.82, 2.24) is 5.32 Å². The van der Waals surface area contributed by atoms with E-state index in [2.05, 4.69) is 5.32 Å². The Morgan fingerprint density at radius 2 is 2.00 bits per heavy atom. The summed E-state index contributed by atoms with van der Waals surface area (Å²) in [6.45, 7) is 0. The molecule has 3 rings (SSSR count). The first-order chi connectivity index (χ1) is 10.1. The van der Waals surface area contributed by atoms with Gasteiger partial charge in [-0.1, -0.05) is 35.7 Å². The largest absolute Gasteiger partial charge is 0.352 e. The Bertz CT molecular complexity index is 517. The molecule has 0 aromatic heterocycles. The first-order valence-corrected chi connectivity index (χ1v) is 9.34. The van der Waals surface area contributed by atoms with Crippen LogP contribution in [-0.2, 0) is 10.5 Å². The Balaban J connectivity index is 1.44. The first-order valence-electron chi connectivity index (χ1n) is 7.43. The van der Waals surface area contributed by atoms with Gasteiger partial charge >= 0.3 is 0 Å². The average molecular weight is 344 g/mol. The SMILES string of the molecule is O=C(CSCc1c(Cl)cccc1Cl)NC1CC2CCC1C2. The van der Waals surface area contributed by atoms with Crippen LogP contribution in [0.25, 0.3) is 0 Å². The Morgan fingerprint density at radius 1 is 1.24 bits per heavy atom. The van der Waals surface area contributed by atoms with Gasteiger partial charge in [0.05, 0.1) is 5.75 Å². The van der Waals surface area contributed by atoms with Gasteiger partial charge < -0.3 is 5.32 Å². The van der Waals surface area contributed by atoms with E-state index >= 15 is 0 Å². The number of amides is 1. The standard InChI is InChI=1S/C16H19Cl2NOS/c17-13-2-1-3-14(18)12(13)8-21-9-16(20)19-15-7-10-4-5-11(15)6-10/h1-3,10-11,15H,4-9H2,(H,19,20). The van der Waals surface area contributed by atoms with Crippen molar-refractivity contribution >= 4 is 40.9 Å². The Hall–Kier alpha value is -0.380. The summed E-state index contributed by atoms with van der Waals surface area (Å²) in [7, 11) is 0. The highest BCUT2D eigenvalue weighted by Gasteiger charge is 2.39. The van der Waals surface area contributed by atoms with Gasteiger partial charge in [-0.25, -0.2) is 0 Å². The van der Waals surface area contributed by atoms with Crippen LogP contribution in [0.4, 0.5) is 0 Å². The zero-order chi connectivity index (χ0) is 14.8. The Morgan fingerprint density at radius 3 is 2.62 bits per heavy atom. The lowest BCUT2D eigenvalue weighted by atomic mass is 9.95. The molecule has 1 amide bonds. The summed E-state index contributed by atoms with van der Waals surface area (Å²) < 4.78 is 0. The molecule has 2 bridgehead atoms. The van der Waals surface area contributed by atoms with Crippen molar-refractivity contribution in [3.8, 4) is 0 Å². The van der Waals surface area contributed by atoms with Gasteiger partial charge in [0.15, 0.2) is 0 Å². The van der Waals surface area contributed by atoms with E-state index < -0.39 is 0 Å². The maximum absolute atomic E-state index is 12.0. The van der Waals surface area contributed by atoms with Crippen LogP contribution in [0.2, 0.25) is 10.0 Å². The molecule has 1 N–H and O–H groups in total. The van der Waals surface area contributed by atoms with Gasteiger partial charge in [-0.3, -0.25) is 4.79 Å². The fraction of sp³-hybridized carbons (Fsp3) is 0.562. The minimum atomic E-state index is 0.140. The molecule has 1 aromatic carbocycles. The molecule has 2 aliphatic carbocycles. The number of carbonyl (C=O) groups excluding carboxylic acids is 1. The molecule has 2 nitrogen and oxygen atoms in total. The summed E-state index contributed by atoms with van der Waals surface area (Å²) in [4.78, 5) is 12.0. The molecule has 3 atom stereocenters. The number of hydrogen-bond donors (Lipinski definition) is 1. The highest BCUT2D eigenvalue weighted by Crippen LogP contribution is 2.44. The van der Waals surface area contributed by atoms with Crippen molar-refractivity contribution in [3.63, 3.8) is 0 Å². The van der Waals surface area contributed by atoms with E-state index in [1.165, 1.54) is 25.7 Å². The number of fused-ring (bicyclic) bond motifs is 2. The van der Waals surface area contributed by atoms with Gasteiger partial charge in [-0.15, -0.1) is 11.8 Å². The Kier molecular flexibility index (Phi) is 5.03. The molecule has 0 heterocycles. The van der Waals surface area contributed by atoms with Crippen LogP contribution < -0.4 is 5.32 Å². The molecule has 1 aromatic rings. The van der Waals surface area contributed by atoms with Crippen molar-refractivity contribution in [3.05, 3.63) is 33.8 Å². The molecule has 114 valence electrons. The average Bonchev–Trinajstić information content (AvgIpc) is 3.04. The fourth-order valence-electron chi connectivity index (χ4n) is 3.59. The summed E-state index contributed by atoms with van der Waals surface area (Å²) in [6, 6.07) is 5.92. The molecule has 3 unspecified atom stereocenters. The van der Waals surface area contributed by atoms with Crippen LogP contribution >= 0.6 is 35.0 Å². The molecule has 0 saturated heterocycles. The number of thioether (sulfide) groups is 1. The van der Waals surface area contributed by atoms with Gasteiger partial charge in [0.25, 0.3) is 0 Å². The van der Waals surface area contributed by atoms with Crippen molar-refractivity contribution in [2.45, 2.75) is 37.5 Å². The quantitative estimate of drug-likeness (QED) is 0.850. The lowest BCUT2D eigenvalue weighted by Gasteiger charge is -2.22. The number of carbonyl (C=O) groups is 1. The minimum Gasteiger partial charge on any atom is -0.352 e.